The SMILES string of the molecule is C1=CC2Oc3c(-c4ccc(-c5ccc(-c6nc(-c7ccccc7)nc(-c7cccc8c7oc7ccccc78)n6)cc5)cc4)ccc(-c4cc(-c5cccnc5)cc(-c5cccnc5)c4)c3OC2C=C1. The van der Waals surface area contributed by atoms with E-state index in [4.69, 9.17) is 28.8 Å². The molecule has 0 bridgehead atoms. The van der Waals surface area contributed by atoms with Crippen molar-refractivity contribution in [1.29, 1.82) is 0 Å². The number of benzene rings is 7. The summed E-state index contributed by atoms with van der Waals surface area (Å²) in [6.45, 7) is 0. The van der Waals surface area contributed by atoms with Gasteiger partial charge in [-0.05, 0) is 100 Å². The molecule has 0 N–H and O–H groups in total. The maximum atomic E-state index is 6.91. The Balaban J connectivity index is 0.852. The van der Waals surface area contributed by atoms with Gasteiger partial charge < -0.3 is 13.9 Å². The number of rotatable bonds is 8. The highest BCUT2D eigenvalue weighted by atomic mass is 16.6. The van der Waals surface area contributed by atoms with Crippen molar-refractivity contribution >= 4 is 21.9 Å². The predicted molar refractivity (Wildman–Crippen MR) is 273 cm³/mol. The number of aromatic nitrogens is 5. The fourth-order valence-electron chi connectivity index (χ4n) is 9.41. The normalized spacial score (nSPS) is 14.8. The molecule has 2 atom stereocenters. The number of hydrogen-bond donors (Lipinski definition) is 0. The molecule has 5 heterocycles. The molecular weight excluding hydrogens is 851 g/mol. The molecule has 326 valence electrons. The van der Waals surface area contributed by atoms with E-state index in [-0.39, 0.29) is 12.2 Å². The summed E-state index contributed by atoms with van der Waals surface area (Å²) in [7, 11) is 0. The van der Waals surface area contributed by atoms with Gasteiger partial charge in [0.15, 0.2) is 41.2 Å². The van der Waals surface area contributed by atoms with E-state index in [0.29, 0.717) is 29.0 Å². The molecule has 8 heteroatoms. The molecule has 13 rings (SSSR count). The zero-order valence-electron chi connectivity index (χ0n) is 37.0. The van der Waals surface area contributed by atoms with Gasteiger partial charge in [0.1, 0.15) is 11.2 Å². The largest absolute Gasteiger partial charge is 0.478 e. The first kappa shape index (κ1) is 40.0. The van der Waals surface area contributed by atoms with Gasteiger partial charge in [0.2, 0.25) is 0 Å². The Morgan fingerprint density at radius 1 is 0.348 bits per heavy atom. The molecule has 1 aliphatic heterocycles. The molecule has 0 spiro atoms. The van der Waals surface area contributed by atoms with Crippen molar-refractivity contribution < 1.29 is 13.9 Å². The third-order valence-electron chi connectivity index (χ3n) is 12.9. The summed E-state index contributed by atoms with van der Waals surface area (Å²) in [6.07, 6.45) is 15.0. The van der Waals surface area contributed by atoms with Crippen LogP contribution in [0.5, 0.6) is 11.5 Å². The van der Waals surface area contributed by atoms with Crippen LogP contribution in [-0.4, -0.2) is 37.1 Å². The number of furan rings is 1. The van der Waals surface area contributed by atoms with Gasteiger partial charge in [-0.2, -0.15) is 0 Å². The van der Waals surface area contributed by atoms with Crippen LogP contribution in [0.1, 0.15) is 0 Å². The lowest BCUT2D eigenvalue weighted by Crippen LogP contribution is -2.38. The summed E-state index contributed by atoms with van der Waals surface area (Å²) in [5, 5.41) is 2.07. The summed E-state index contributed by atoms with van der Waals surface area (Å²) < 4.78 is 20.2. The molecule has 4 aromatic heterocycles. The molecular formula is C61H39N5O3. The second-order valence-electron chi connectivity index (χ2n) is 17.1. The topological polar surface area (TPSA) is 96.1 Å². The van der Waals surface area contributed by atoms with Gasteiger partial charge in [0, 0.05) is 68.9 Å². The second kappa shape index (κ2) is 16.9. The molecule has 2 unspecified atom stereocenters. The zero-order valence-corrected chi connectivity index (χ0v) is 37.0. The fourth-order valence-corrected chi connectivity index (χ4v) is 9.41. The van der Waals surface area contributed by atoms with Crippen LogP contribution < -0.4 is 9.47 Å². The number of hydrogen-bond acceptors (Lipinski definition) is 8. The number of nitrogens with zero attached hydrogens (tertiary/aromatic N) is 5. The molecule has 0 saturated carbocycles. The number of para-hydroxylation sites is 2. The monoisotopic (exact) mass is 889 g/mol. The third kappa shape index (κ3) is 7.41. The Labute approximate surface area is 397 Å². The van der Waals surface area contributed by atoms with Crippen LogP contribution in [0.15, 0.2) is 229 Å². The maximum absolute atomic E-state index is 6.91. The average molecular weight is 890 g/mol. The van der Waals surface area contributed by atoms with Crippen molar-refractivity contribution in [1.82, 2.24) is 24.9 Å². The van der Waals surface area contributed by atoms with E-state index in [1.807, 2.05) is 97.3 Å². The average Bonchev–Trinajstić information content (AvgIpc) is 3.82. The molecule has 8 nitrogen and oxygen atoms in total. The number of allylic oxidation sites excluding steroid dienone is 2. The number of fused-ring (bicyclic) bond motifs is 5. The third-order valence-corrected chi connectivity index (χ3v) is 12.9. The summed E-state index contributed by atoms with van der Waals surface area (Å²) in [5.41, 5.74) is 14.3. The van der Waals surface area contributed by atoms with E-state index < -0.39 is 0 Å². The highest BCUT2D eigenvalue weighted by molar-refractivity contribution is 6.09. The van der Waals surface area contributed by atoms with Crippen molar-refractivity contribution in [2.24, 2.45) is 0 Å². The highest BCUT2D eigenvalue weighted by Gasteiger charge is 2.33. The minimum atomic E-state index is -0.263. The second-order valence-corrected chi connectivity index (χ2v) is 17.1. The minimum absolute atomic E-state index is 0.259. The van der Waals surface area contributed by atoms with Crippen LogP contribution in [0.25, 0.3) is 112 Å². The Bertz CT molecular complexity index is 3720. The lowest BCUT2D eigenvalue weighted by Gasteiger charge is -2.34. The van der Waals surface area contributed by atoms with Crippen LogP contribution in [0.3, 0.4) is 0 Å². The van der Waals surface area contributed by atoms with Crippen LogP contribution in [0.2, 0.25) is 0 Å². The first-order valence-corrected chi connectivity index (χ1v) is 22.9. The quantitative estimate of drug-likeness (QED) is 0.149. The van der Waals surface area contributed by atoms with Crippen LogP contribution in [-0.2, 0) is 0 Å². The van der Waals surface area contributed by atoms with Gasteiger partial charge in [0.05, 0.1) is 5.56 Å². The molecule has 0 saturated heterocycles. The molecule has 0 radical (unpaired) electrons. The predicted octanol–water partition coefficient (Wildman–Crippen LogP) is 14.5. The van der Waals surface area contributed by atoms with Crippen molar-refractivity contribution in [3.8, 4) is 101 Å². The maximum Gasteiger partial charge on any atom is 0.170 e. The van der Waals surface area contributed by atoms with Gasteiger partial charge >= 0.3 is 0 Å². The van der Waals surface area contributed by atoms with Gasteiger partial charge in [-0.1, -0.05) is 133 Å². The van der Waals surface area contributed by atoms with Crippen molar-refractivity contribution in [3.05, 3.63) is 225 Å². The first-order valence-electron chi connectivity index (χ1n) is 22.9. The molecule has 69 heavy (non-hydrogen) atoms. The van der Waals surface area contributed by atoms with Crippen molar-refractivity contribution in [3.63, 3.8) is 0 Å². The summed E-state index contributed by atoms with van der Waals surface area (Å²) in [6, 6.07) is 60.2. The van der Waals surface area contributed by atoms with E-state index >= 15 is 0 Å². The number of ether oxygens (including phenoxy) is 2. The Hall–Kier alpha value is -9.27. The van der Waals surface area contributed by atoms with Crippen LogP contribution in [0, 0.1) is 0 Å². The van der Waals surface area contributed by atoms with E-state index in [9.17, 15) is 0 Å². The number of pyridine rings is 2. The van der Waals surface area contributed by atoms with Crippen LogP contribution in [0.4, 0.5) is 0 Å². The minimum Gasteiger partial charge on any atom is -0.478 e. The molecule has 1 aliphatic carbocycles. The summed E-state index contributed by atoms with van der Waals surface area (Å²) in [4.78, 5) is 23.9. The van der Waals surface area contributed by atoms with Gasteiger partial charge in [-0.25, -0.2) is 15.0 Å². The Morgan fingerprint density at radius 2 is 0.855 bits per heavy atom. The van der Waals surface area contributed by atoms with Crippen LogP contribution >= 0.6 is 0 Å². The summed E-state index contributed by atoms with van der Waals surface area (Å²) >= 11 is 0. The van der Waals surface area contributed by atoms with Gasteiger partial charge in [0.25, 0.3) is 0 Å². The molecule has 11 aromatic rings. The molecule has 7 aromatic carbocycles. The van der Waals surface area contributed by atoms with E-state index in [0.717, 1.165) is 94.3 Å². The Morgan fingerprint density at radius 3 is 1.48 bits per heavy atom. The molecule has 0 amide bonds. The lowest BCUT2D eigenvalue weighted by molar-refractivity contribution is 0.0769. The Kier molecular flexibility index (Phi) is 9.79. The van der Waals surface area contributed by atoms with E-state index in [1.54, 1.807) is 12.4 Å². The molecule has 0 fully saturated rings. The van der Waals surface area contributed by atoms with Gasteiger partial charge in [-0.15, -0.1) is 0 Å². The standard InChI is InChI=1S/C61H39N5O3/c1-2-11-41(12-3-1)59-64-60(66-61(65-59)52-17-8-16-51-50-15-4-5-18-53(50)67-56(51)52)42-27-23-39(24-28-42)38-21-25-40(26-22-38)48-29-30-49(58-57(48)68-54-19-6-7-20-55(54)69-58)47-34-45(43-13-9-31-62-36-43)33-46(35-47)44-14-10-32-63-37-44/h1-37,54-55H. The van der Waals surface area contributed by atoms with E-state index in [2.05, 4.69) is 125 Å². The lowest BCUT2D eigenvalue weighted by atomic mass is 9.91. The van der Waals surface area contributed by atoms with Gasteiger partial charge in [-0.3, -0.25) is 9.97 Å². The smallest absolute Gasteiger partial charge is 0.170 e. The first-order chi connectivity index (χ1) is 34.2. The van der Waals surface area contributed by atoms with Crippen molar-refractivity contribution in [2.45, 2.75) is 12.2 Å². The molecule has 2 aliphatic rings. The summed E-state index contributed by atoms with van der Waals surface area (Å²) in [5.74, 6) is 3.13. The van der Waals surface area contributed by atoms with E-state index in [1.165, 1.54) is 0 Å². The van der Waals surface area contributed by atoms with Crippen molar-refractivity contribution in [2.75, 3.05) is 0 Å². The fraction of sp³-hybridized carbons (Fsp3) is 0.0328. The zero-order chi connectivity index (χ0) is 45.7. The highest BCUT2D eigenvalue weighted by Crippen LogP contribution is 2.50.